The van der Waals surface area contributed by atoms with E-state index in [1.54, 1.807) is 0 Å². The van der Waals surface area contributed by atoms with Crippen molar-refractivity contribution in [1.29, 1.82) is 0 Å². The molecule has 0 heterocycles. The third-order valence-electron chi connectivity index (χ3n) is 4.47. The van der Waals surface area contributed by atoms with Gasteiger partial charge in [0.05, 0.1) is 10.0 Å². The van der Waals surface area contributed by atoms with Crippen LogP contribution in [-0.4, -0.2) is 13.1 Å². The zero-order valence-electron chi connectivity index (χ0n) is 12.5. The number of hydrogen-bond acceptors (Lipinski definition) is 1. The van der Waals surface area contributed by atoms with E-state index in [-0.39, 0.29) is 0 Å². The van der Waals surface area contributed by atoms with Crippen LogP contribution in [0.5, 0.6) is 0 Å². The number of nitrogens with one attached hydrogen (secondary N) is 1. The van der Waals surface area contributed by atoms with Gasteiger partial charge in [0.2, 0.25) is 0 Å². The van der Waals surface area contributed by atoms with Gasteiger partial charge in [0, 0.05) is 0 Å². The summed E-state index contributed by atoms with van der Waals surface area (Å²) < 4.78 is 0. The van der Waals surface area contributed by atoms with Gasteiger partial charge in [-0.15, -0.1) is 0 Å². The predicted octanol–water partition coefficient (Wildman–Crippen LogP) is 5.51. The Hall–Kier alpha value is -0.240. The van der Waals surface area contributed by atoms with E-state index in [0.29, 0.717) is 16.9 Å². The molecule has 2 rings (SSSR count). The molecule has 1 nitrogen and oxygen atoms in total. The van der Waals surface area contributed by atoms with Crippen molar-refractivity contribution in [3.63, 3.8) is 0 Å². The molecule has 0 aromatic heterocycles. The fourth-order valence-electron chi connectivity index (χ4n) is 3.34. The van der Waals surface area contributed by atoms with E-state index in [1.807, 2.05) is 12.1 Å². The van der Waals surface area contributed by atoms with E-state index in [2.05, 4.69) is 25.2 Å². The lowest BCUT2D eigenvalue weighted by atomic mass is 9.71. The summed E-state index contributed by atoms with van der Waals surface area (Å²) >= 11 is 12.6. The Kier molecular flexibility index (Phi) is 6.20. The molecule has 20 heavy (non-hydrogen) atoms. The van der Waals surface area contributed by atoms with E-state index in [9.17, 15) is 0 Å². The molecule has 0 spiro atoms. The highest BCUT2D eigenvalue weighted by atomic mass is 35.5. The maximum atomic E-state index is 6.45. The first-order valence-electron chi connectivity index (χ1n) is 7.78. The normalized spacial score (nSPS) is 26.7. The van der Waals surface area contributed by atoms with Gasteiger partial charge in [-0.3, -0.25) is 0 Å². The molecule has 112 valence electrons. The van der Waals surface area contributed by atoms with Crippen molar-refractivity contribution in [3.05, 3.63) is 33.8 Å². The molecule has 0 saturated heterocycles. The minimum absolute atomic E-state index is 0.536. The van der Waals surface area contributed by atoms with Gasteiger partial charge < -0.3 is 5.32 Å². The summed E-state index contributed by atoms with van der Waals surface area (Å²) in [5.74, 6) is 1.99. The Morgan fingerprint density at radius 2 is 2.05 bits per heavy atom. The van der Waals surface area contributed by atoms with Gasteiger partial charge in [0.25, 0.3) is 0 Å². The van der Waals surface area contributed by atoms with Crippen LogP contribution in [0.2, 0.25) is 10.0 Å². The molecular weight excluding hydrogens is 289 g/mol. The molecule has 3 heteroatoms. The Labute approximate surface area is 133 Å². The Morgan fingerprint density at radius 1 is 1.25 bits per heavy atom. The van der Waals surface area contributed by atoms with Crippen LogP contribution in [0.3, 0.4) is 0 Å². The lowest BCUT2D eigenvalue weighted by Crippen LogP contribution is -2.32. The van der Waals surface area contributed by atoms with Crippen molar-refractivity contribution < 1.29 is 0 Å². The van der Waals surface area contributed by atoms with Crippen LogP contribution in [0.4, 0.5) is 0 Å². The van der Waals surface area contributed by atoms with Gasteiger partial charge in [-0.2, -0.15) is 0 Å². The molecule has 0 radical (unpaired) electrons. The van der Waals surface area contributed by atoms with Crippen LogP contribution < -0.4 is 5.32 Å². The fourth-order valence-corrected chi connectivity index (χ4v) is 3.79. The minimum atomic E-state index is 0.536. The van der Waals surface area contributed by atoms with E-state index < -0.39 is 0 Å². The number of rotatable bonds is 5. The summed E-state index contributed by atoms with van der Waals surface area (Å²) in [4.78, 5) is 0. The van der Waals surface area contributed by atoms with Crippen molar-refractivity contribution in [2.45, 2.75) is 45.4 Å². The smallest absolute Gasteiger partial charge is 0.0627 e. The minimum Gasteiger partial charge on any atom is -0.316 e. The summed E-state index contributed by atoms with van der Waals surface area (Å²) in [6.07, 6.45) is 5.02. The maximum absolute atomic E-state index is 6.45. The van der Waals surface area contributed by atoms with Crippen LogP contribution in [0.1, 0.15) is 51.0 Å². The molecule has 3 atom stereocenters. The van der Waals surface area contributed by atoms with Crippen molar-refractivity contribution in [2.75, 3.05) is 13.1 Å². The Morgan fingerprint density at radius 3 is 2.80 bits per heavy atom. The SMILES string of the molecule is CCCNCC1CCC(C)CC1c1cccc(Cl)c1Cl. The zero-order chi connectivity index (χ0) is 14.5. The van der Waals surface area contributed by atoms with Crippen LogP contribution in [0.15, 0.2) is 18.2 Å². The second-order valence-corrected chi connectivity index (χ2v) is 6.92. The van der Waals surface area contributed by atoms with E-state index >= 15 is 0 Å². The molecular formula is C17H25Cl2N. The quantitative estimate of drug-likeness (QED) is 0.706. The first kappa shape index (κ1) is 16.1. The Balaban J connectivity index is 2.16. The summed E-state index contributed by atoms with van der Waals surface area (Å²) in [5.41, 5.74) is 1.24. The standard InChI is InChI=1S/C17H25Cl2N/c1-3-9-20-11-13-8-7-12(2)10-15(13)14-5-4-6-16(18)17(14)19/h4-6,12-13,15,20H,3,7-11H2,1-2H3. The average Bonchev–Trinajstić information content (AvgIpc) is 2.44. The molecule has 0 amide bonds. The molecule has 1 N–H and O–H groups in total. The molecule has 1 aromatic carbocycles. The lowest BCUT2D eigenvalue weighted by Gasteiger charge is -2.36. The summed E-state index contributed by atoms with van der Waals surface area (Å²) in [7, 11) is 0. The molecule has 1 fully saturated rings. The first-order chi connectivity index (χ1) is 9.63. The zero-order valence-corrected chi connectivity index (χ0v) is 14.0. The molecule has 1 saturated carbocycles. The third-order valence-corrected chi connectivity index (χ3v) is 5.30. The molecule has 1 aromatic rings. The fraction of sp³-hybridized carbons (Fsp3) is 0.647. The van der Waals surface area contributed by atoms with Gasteiger partial charge >= 0.3 is 0 Å². The molecule has 1 aliphatic rings. The van der Waals surface area contributed by atoms with Crippen LogP contribution >= 0.6 is 23.2 Å². The van der Waals surface area contributed by atoms with Crippen molar-refractivity contribution in [1.82, 2.24) is 5.32 Å². The van der Waals surface area contributed by atoms with E-state index in [0.717, 1.165) is 24.0 Å². The number of hydrogen-bond donors (Lipinski definition) is 1. The summed E-state index contributed by atoms with van der Waals surface area (Å²) in [6, 6.07) is 6.06. The largest absolute Gasteiger partial charge is 0.316 e. The summed E-state index contributed by atoms with van der Waals surface area (Å²) in [6.45, 7) is 6.75. The average molecular weight is 314 g/mol. The highest BCUT2D eigenvalue weighted by molar-refractivity contribution is 6.42. The summed E-state index contributed by atoms with van der Waals surface area (Å²) in [5, 5.41) is 5.02. The predicted molar refractivity (Wildman–Crippen MR) is 88.9 cm³/mol. The molecule has 0 aliphatic heterocycles. The first-order valence-corrected chi connectivity index (χ1v) is 8.53. The van der Waals surface area contributed by atoms with Crippen LogP contribution in [-0.2, 0) is 0 Å². The van der Waals surface area contributed by atoms with Gasteiger partial charge in [-0.1, -0.05) is 55.6 Å². The van der Waals surface area contributed by atoms with Crippen LogP contribution in [0.25, 0.3) is 0 Å². The van der Waals surface area contributed by atoms with E-state index in [4.69, 9.17) is 23.2 Å². The van der Waals surface area contributed by atoms with E-state index in [1.165, 1.54) is 31.2 Å². The lowest BCUT2D eigenvalue weighted by molar-refractivity contribution is 0.242. The van der Waals surface area contributed by atoms with Gasteiger partial charge in [0.15, 0.2) is 0 Å². The number of halogens is 2. The van der Waals surface area contributed by atoms with Crippen molar-refractivity contribution >= 4 is 23.2 Å². The monoisotopic (exact) mass is 313 g/mol. The third kappa shape index (κ3) is 3.90. The molecule has 3 unspecified atom stereocenters. The highest BCUT2D eigenvalue weighted by Gasteiger charge is 2.31. The maximum Gasteiger partial charge on any atom is 0.0627 e. The topological polar surface area (TPSA) is 12.0 Å². The second-order valence-electron chi connectivity index (χ2n) is 6.13. The van der Waals surface area contributed by atoms with Crippen molar-refractivity contribution in [3.8, 4) is 0 Å². The molecule has 1 aliphatic carbocycles. The van der Waals surface area contributed by atoms with Gasteiger partial charge in [-0.25, -0.2) is 0 Å². The van der Waals surface area contributed by atoms with Gasteiger partial charge in [0.1, 0.15) is 0 Å². The van der Waals surface area contributed by atoms with Crippen molar-refractivity contribution in [2.24, 2.45) is 11.8 Å². The van der Waals surface area contributed by atoms with Crippen LogP contribution in [0, 0.1) is 11.8 Å². The highest BCUT2D eigenvalue weighted by Crippen LogP contribution is 2.43. The Bertz CT molecular complexity index is 433. The van der Waals surface area contributed by atoms with Gasteiger partial charge in [-0.05, 0) is 61.7 Å². The molecule has 0 bridgehead atoms. The second kappa shape index (κ2) is 7.68. The number of benzene rings is 1.